The van der Waals surface area contributed by atoms with Gasteiger partial charge in [0.2, 0.25) is 11.8 Å². The minimum Gasteiger partial charge on any atom is -0.379 e. The minimum absolute atomic E-state index is 0.146. The van der Waals surface area contributed by atoms with E-state index in [-0.39, 0.29) is 25.2 Å². The molecule has 102 valence electrons. The molecule has 0 bridgehead atoms. The van der Waals surface area contributed by atoms with Crippen molar-refractivity contribution in [3.8, 4) is 0 Å². The molecule has 2 amide bonds. The van der Waals surface area contributed by atoms with Crippen LogP contribution in [-0.2, 0) is 19.1 Å². The number of hydrogen-bond donors (Lipinski definition) is 2. The Labute approximate surface area is 105 Å². The summed E-state index contributed by atoms with van der Waals surface area (Å²) in [5, 5.41) is 0. The summed E-state index contributed by atoms with van der Waals surface area (Å²) in [7, 11) is 0. The number of amides is 2. The van der Waals surface area contributed by atoms with Crippen LogP contribution in [0.5, 0.6) is 0 Å². The Hall–Kier alpha value is -1.18. The second-order valence-electron chi connectivity index (χ2n) is 5.03. The van der Waals surface area contributed by atoms with Crippen LogP contribution in [0.15, 0.2) is 0 Å². The van der Waals surface area contributed by atoms with Crippen molar-refractivity contribution in [1.82, 2.24) is 4.90 Å². The van der Waals surface area contributed by atoms with Crippen molar-refractivity contribution in [3.05, 3.63) is 0 Å². The number of morpholine rings is 1. The number of rotatable bonds is 2. The first kappa shape index (κ1) is 13.3. The highest BCUT2D eigenvalue weighted by Gasteiger charge is 2.48. The van der Waals surface area contributed by atoms with Crippen LogP contribution in [0.4, 0.5) is 0 Å². The summed E-state index contributed by atoms with van der Waals surface area (Å²) in [6.07, 6.45) is 0. The maximum absolute atomic E-state index is 12.6. The highest BCUT2D eigenvalue weighted by molar-refractivity contribution is 5.90. The van der Waals surface area contributed by atoms with Gasteiger partial charge in [-0.1, -0.05) is 0 Å². The summed E-state index contributed by atoms with van der Waals surface area (Å²) in [5.74, 6) is -0.737. The van der Waals surface area contributed by atoms with Gasteiger partial charge in [0.1, 0.15) is 6.04 Å². The van der Waals surface area contributed by atoms with E-state index in [0.29, 0.717) is 19.8 Å². The van der Waals surface area contributed by atoms with E-state index >= 15 is 0 Å². The van der Waals surface area contributed by atoms with Crippen LogP contribution in [0.25, 0.3) is 0 Å². The first-order valence-electron chi connectivity index (χ1n) is 5.98. The summed E-state index contributed by atoms with van der Waals surface area (Å²) in [4.78, 5) is 25.4. The average molecular weight is 257 g/mol. The van der Waals surface area contributed by atoms with E-state index in [1.54, 1.807) is 6.92 Å². The summed E-state index contributed by atoms with van der Waals surface area (Å²) in [6.45, 7) is 3.30. The molecule has 4 N–H and O–H groups in total. The molecule has 7 heteroatoms. The Morgan fingerprint density at radius 1 is 1.33 bits per heavy atom. The van der Waals surface area contributed by atoms with E-state index in [4.69, 9.17) is 20.9 Å². The predicted molar refractivity (Wildman–Crippen MR) is 62.4 cm³/mol. The highest BCUT2D eigenvalue weighted by atomic mass is 16.5. The zero-order valence-electron chi connectivity index (χ0n) is 10.4. The topological polar surface area (TPSA) is 108 Å². The summed E-state index contributed by atoms with van der Waals surface area (Å²) in [6, 6.07) is -1.07. The molecule has 0 aromatic rings. The van der Waals surface area contributed by atoms with Gasteiger partial charge < -0.3 is 25.8 Å². The summed E-state index contributed by atoms with van der Waals surface area (Å²) >= 11 is 0. The Balaban J connectivity index is 2.18. The van der Waals surface area contributed by atoms with E-state index in [0.717, 1.165) is 0 Å². The second kappa shape index (κ2) is 4.83. The first-order valence-corrected chi connectivity index (χ1v) is 5.98. The van der Waals surface area contributed by atoms with Gasteiger partial charge in [-0.25, -0.2) is 0 Å². The number of carbonyl (C=O) groups is 2. The number of nitrogens with zero attached hydrogens (tertiary/aromatic N) is 1. The van der Waals surface area contributed by atoms with E-state index in [2.05, 4.69) is 0 Å². The van der Waals surface area contributed by atoms with Gasteiger partial charge in [0.15, 0.2) is 0 Å². The number of nitrogens with two attached hydrogens (primary N) is 2. The van der Waals surface area contributed by atoms with Gasteiger partial charge in [-0.3, -0.25) is 9.59 Å². The standard InChI is InChI=1S/C11H19N3O4/c1-11(6-18-5-8(11)12)10(16)14-2-3-17-4-7(14)9(13)15/h7-8H,2-6,12H2,1H3,(H2,13,15). The molecule has 2 fully saturated rings. The lowest BCUT2D eigenvalue weighted by atomic mass is 9.83. The van der Waals surface area contributed by atoms with Crippen LogP contribution in [0.3, 0.4) is 0 Å². The molecule has 7 nitrogen and oxygen atoms in total. The molecular formula is C11H19N3O4. The molecule has 3 atom stereocenters. The summed E-state index contributed by atoms with van der Waals surface area (Å²) < 4.78 is 10.4. The first-order chi connectivity index (χ1) is 8.47. The van der Waals surface area contributed by atoms with Crippen molar-refractivity contribution >= 4 is 11.8 Å². The van der Waals surface area contributed by atoms with Crippen molar-refractivity contribution < 1.29 is 19.1 Å². The third-order valence-electron chi connectivity index (χ3n) is 3.72. The summed E-state index contributed by atoms with van der Waals surface area (Å²) in [5.41, 5.74) is 10.4. The Kier molecular flexibility index (Phi) is 3.56. The normalized spacial score (nSPS) is 36.7. The average Bonchev–Trinajstić information content (AvgIpc) is 2.70. The molecular weight excluding hydrogens is 238 g/mol. The maximum atomic E-state index is 12.6. The number of carbonyl (C=O) groups excluding carboxylic acids is 2. The zero-order chi connectivity index (χ0) is 13.3. The molecule has 2 aliphatic rings. The Morgan fingerprint density at radius 3 is 2.61 bits per heavy atom. The van der Waals surface area contributed by atoms with Crippen LogP contribution < -0.4 is 11.5 Å². The van der Waals surface area contributed by atoms with E-state index < -0.39 is 17.4 Å². The van der Waals surface area contributed by atoms with Crippen molar-refractivity contribution in [2.75, 3.05) is 33.0 Å². The lowest BCUT2D eigenvalue weighted by molar-refractivity contribution is -0.155. The van der Waals surface area contributed by atoms with E-state index in [9.17, 15) is 9.59 Å². The third-order valence-corrected chi connectivity index (χ3v) is 3.72. The molecule has 0 saturated carbocycles. The predicted octanol–water partition coefficient (Wildman–Crippen LogP) is -1.94. The second-order valence-corrected chi connectivity index (χ2v) is 5.03. The minimum atomic E-state index is -0.787. The van der Waals surface area contributed by atoms with Crippen molar-refractivity contribution in [1.29, 1.82) is 0 Å². The third kappa shape index (κ3) is 2.09. The van der Waals surface area contributed by atoms with Gasteiger partial charge in [0, 0.05) is 12.6 Å². The molecule has 2 heterocycles. The van der Waals surface area contributed by atoms with Crippen LogP contribution in [0, 0.1) is 5.41 Å². The zero-order valence-corrected chi connectivity index (χ0v) is 10.4. The molecule has 2 aliphatic heterocycles. The van der Waals surface area contributed by atoms with Gasteiger partial charge in [0.25, 0.3) is 0 Å². The fourth-order valence-electron chi connectivity index (χ4n) is 2.32. The van der Waals surface area contributed by atoms with E-state index in [1.165, 1.54) is 4.90 Å². The van der Waals surface area contributed by atoms with Crippen LogP contribution in [-0.4, -0.2) is 61.8 Å². The molecule has 0 aromatic carbocycles. The Morgan fingerprint density at radius 2 is 2.06 bits per heavy atom. The number of primary amides is 1. The lowest BCUT2D eigenvalue weighted by Crippen LogP contribution is -2.60. The smallest absolute Gasteiger partial charge is 0.242 e. The monoisotopic (exact) mass is 257 g/mol. The fraction of sp³-hybridized carbons (Fsp3) is 0.818. The molecule has 18 heavy (non-hydrogen) atoms. The molecule has 0 aromatic heterocycles. The van der Waals surface area contributed by atoms with Crippen molar-refractivity contribution in [2.24, 2.45) is 16.9 Å². The largest absolute Gasteiger partial charge is 0.379 e. The van der Waals surface area contributed by atoms with Gasteiger partial charge in [0.05, 0.1) is 31.8 Å². The number of hydrogen-bond acceptors (Lipinski definition) is 5. The SMILES string of the molecule is CC1(C(=O)N2CCOCC2C(N)=O)COCC1N. The van der Waals surface area contributed by atoms with Gasteiger partial charge >= 0.3 is 0 Å². The van der Waals surface area contributed by atoms with Crippen LogP contribution >= 0.6 is 0 Å². The van der Waals surface area contributed by atoms with Crippen molar-refractivity contribution in [2.45, 2.75) is 19.0 Å². The van der Waals surface area contributed by atoms with Gasteiger partial charge in [-0.2, -0.15) is 0 Å². The van der Waals surface area contributed by atoms with Crippen molar-refractivity contribution in [3.63, 3.8) is 0 Å². The van der Waals surface area contributed by atoms with Gasteiger partial charge in [-0.05, 0) is 6.92 Å². The maximum Gasteiger partial charge on any atom is 0.242 e. The molecule has 2 rings (SSSR count). The molecule has 3 unspecified atom stereocenters. The Bertz CT molecular complexity index is 362. The fourth-order valence-corrected chi connectivity index (χ4v) is 2.32. The lowest BCUT2D eigenvalue weighted by Gasteiger charge is -2.39. The van der Waals surface area contributed by atoms with Gasteiger partial charge in [-0.15, -0.1) is 0 Å². The van der Waals surface area contributed by atoms with E-state index in [1.807, 2.05) is 0 Å². The quantitative estimate of drug-likeness (QED) is 0.598. The van der Waals surface area contributed by atoms with Crippen LogP contribution in [0.2, 0.25) is 0 Å². The molecule has 0 aliphatic carbocycles. The van der Waals surface area contributed by atoms with Crippen LogP contribution in [0.1, 0.15) is 6.92 Å². The highest BCUT2D eigenvalue weighted by Crippen LogP contribution is 2.30. The molecule has 0 radical (unpaired) electrons. The molecule has 0 spiro atoms. The molecule has 2 saturated heterocycles. The number of ether oxygens (including phenoxy) is 2.